The maximum absolute atomic E-state index is 13.1. The van der Waals surface area contributed by atoms with Gasteiger partial charge in [-0.05, 0) is 124 Å². The fraction of sp³-hybridized carbons (Fsp3) is 0.514. The van der Waals surface area contributed by atoms with Gasteiger partial charge >= 0.3 is 35.8 Å². The van der Waals surface area contributed by atoms with Crippen LogP contribution in [0, 0.1) is 29.6 Å². The average Bonchev–Trinajstić information content (AvgIpc) is 0.802. The van der Waals surface area contributed by atoms with Crippen LogP contribution in [-0.2, 0) is 91.4 Å². The van der Waals surface area contributed by atoms with Gasteiger partial charge in [-0.25, -0.2) is 0 Å². The first kappa shape index (κ1) is 93.5. The van der Waals surface area contributed by atoms with Crippen LogP contribution in [0.3, 0.4) is 0 Å². The van der Waals surface area contributed by atoms with Crippen LogP contribution in [0.1, 0.15) is 127 Å². The molecular weight excluding hydrogens is 1500 g/mol. The molecule has 4 unspecified atom stereocenters. The molecule has 2 aliphatic rings. The van der Waals surface area contributed by atoms with Crippen LogP contribution in [0.4, 0.5) is 0 Å². The lowest BCUT2D eigenvalue weighted by molar-refractivity contribution is -0.373. The first-order chi connectivity index (χ1) is 49.9. The van der Waals surface area contributed by atoms with Crippen LogP contribution in [-0.4, -0.2) is 190 Å². The Bertz CT molecular complexity index is 3370. The van der Waals surface area contributed by atoms with E-state index in [-0.39, 0.29) is 65.0 Å². The maximum Gasteiger partial charge on any atom is 0.314 e. The number of hydrogen-bond acceptors (Lipinski definition) is 31. The number of hydrogen-bond donors (Lipinski definition) is 8. The number of carbonyl (C=O) groups excluding carboxylic acids is 8. The van der Waals surface area contributed by atoms with E-state index in [1.54, 1.807) is 99.9 Å². The average molecular weight is 1600 g/mol. The van der Waals surface area contributed by atoms with E-state index in [4.69, 9.17) is 77.0 Å². The normalized spacial score (nSPS) is 21.2. The second-order valence-corrected chi connectivity index (χ2v) is 31.8. The third-order valence-corrected chi connectivity index (χ3v) is 21.5. The number of esters is 6. The number of thioether (sulfide) groups is 4. The van der Waals surface area contributed by atoms with Crippen LogP contribution in [0.25, 0.3) is 0 Å². The van der Waals surface area contributed by atoms with E-state index in [1.807, 2.05) is 74.5 Å². The summed E-state index contributed by atoms with van der Waals surface area (Å²) >= 11 is 21.1. The van der Waals surface area contributed by atoms with Gasteiger partial charge in [0.25, 0.3) is 0 Å². The lowest BCUT2D eigenvalue weighted by Gasteiger charge is -2.44. The molecule has 0 spiro atoms. The quantitative estimate of drug-likeness (QED) is 0.00321. The minimum absolute atomic E-state index is 0. The Kier molecular flexibility index (Phi) is 44.0. The topological polar surface area (TPSA) is 361 Å². The molecule has 105 heavy (non-hydrogen) atoms. The molecule has 0 saturated carbocycles. The number of aldehydes is 2. The number of aryl methyl sites for hydroxylation is 1. The fourth-order valence-electron chi connectivity index (χ4n) is 10.2. The van der Waals surface area contributed by atoms with E-state index in [0.717, 1.165) is 52.7 Å². The van der Waals surface area contributed by atoms with Crippen molar-refractivity contribution < 1.29 is 118 Å². The number of ether oxygens (including phenoxy) is 9. The standard InChI is InChI=1S/C31H38O6S3.C29H34O7S3.C12H22O10S.C2H4O.H2/c1-6-8-17-35-29(34)31(5,18-23(4)28(33)37-26-15-13-22(3)14-16-26)19-27(32)36-20-24-11-9-10-12-25(24)21-40-30(38)39-7-2;1-5-34-27(33)29(4,15-20(3)26(32)36-24-13-11-21(17-30)12-14-24)16-25(31)35-18-22-9-7-8-10-23(22)19-39-28(37)38-6-2;13-1-3-5(14)7(16)9(18)11(20-3)22-12-10(19)8(17)6(15)4(2-23)21-12;1-2-3;/h6,9-16,23H,1,7-8,17-21H2,2-5H3;7-14,17,20H,5-6,15-16,18-19H2,1-4H3;3-19,23H,1-2H2;2H,1H3;1H/t;;3-,4-,5-,6-,7+,8+,9-,10-,11-,12-;;/m..1../s1. The zero-order valence-corrected chi connectivity index (χ0v) is 66.0. The Morgan fingerprint density at radius 1 is 0.600 bits per heavy atom. The van der Waals surface area contributed by atoms with Crippen LogP contribution >= 0.6 is 84.1 Å². The number of rotatable bonds is 33. The summed E-state index contributed by atoms with van der Waals surface area (Å²) in [5.41, 5.74) is 2.68. The van der Waals surface area contributed by atoms with E-state index >= 15 is 0 Å². The van der Waals surface area contributed by atoms with Gasteiger partial charge in [0, 0.05) is 24.2 Å². The van der Waals surface area contributed by atoms with Crippen molar-refractivity contribution in [1.29, 1.82) is 0 Å². The molecule has 7 N–H and O–H groups in total. The molecule has 2 aliphatic heterocycles. The summed E-state index contributed by atoms with van der Waals surface area (Å²) in [6.07, 6.45) is -11.5. The summed E-state index contributed by atoms with van der Waals surface area (Å²) < 4.78 is 50.1. The molecule has 0 aromatic heterocycles. The number of carbonyl (C=O) groups is 8. The Morgan fingerprint density at radius 2 is 1.00 bits per heavy atom. The number of thiol groups is 1. The van der Waals surface area contributed by atoms with Gasteiger partial charge in [-0.3, -0.25) is 33.6 Å². The number of thiocarbonyl (C=S) groups is 2. The van der Waals surface area contributed by atoms with E-state index in [0.29, 0.717) is 35.5 Å². The zero-order chi connectivity index (χ0) is 78.4. The van der Waals surface area contributed by atoms with Crippen molar-refractivity contribution in [3.8, 4) is 11.5 Å². The molecule has 4 aromatic rings. The highest BCUT2D eigenvalue weighted by atomic mass is 32.2. The molecule has 0 aliphatic carbocycles. The first-order valence-electron chi connectivity index (χ1n) is 33.6. The van der Waals surface area contributed by atoms with E-state index in [9.17, 15) is 64.2 Å². The first-order valence-corrected chi connectivity index (χ1v) is 39.0. The predicted octanol–water partition coefficient (Wildman–Crippen LogP) is 9.85. The third kappa shape index (κ3) is 32.2. The lowest BCUT2D eigenvalue weighted by atomic mass is 9.78. The largest absolute Gasteiger partial charge is 0.466 e. The van der Waals surface area contributed by atoms with Gasteiger partial charge in [-0.2, -0.15) is 12.6 Å². The van der Waals surface area contributed by atoms with Crippen molar-refractivity contribution >= 4 is 140 Å². The SMILES string of the molecule is C=CCCOC(=O)C(C)(CC(=O)OCc1ccccc1CSC(=S)SCC)CC(C)C(=O)Oc1ccc(C)cc1.CC=O.CCOC(=O)C(C)(CC(=O)OCc1ccccc1CSC(=S)SCC)CC(C)C(=O)Oc1ccc(C=O)cc1.OC[C@H]1O[C@H](O[C@H]2O[C@H](CS)[C@@H](O)[C@H](O)[C@H]2O)[C@H](O)[C@@H](O)[C@@H]1O.[HH]. The fourth-order valence-corrected chi connectivity index (χ4v) is 14.8. The summed E-state index contributed by atoms with van der Waals surface area (Å²) in [5.74, 6) is -0.844. The summed E-state index contributed by atoms with van der Waals surface area (Å²) in [4.78, 5) is 97.1. The van der Waals surface area contributed by atoms with Gasteiger partial charge in [0.1, 0.15) is 87.1 Å². The van der Waals surface area contributed by atoms with E-state index in [2.05, 4.69) is 26.1 Å². The lowest BCUT2D eigenvalue weighted by Crippen LogP contribution is -2.63. The van der Waals surface area contributed by atoms with Crippen LogP contribution in [0.2, 0.25) is 0 Å². The Hall–Kier alpha value is -5.69. The van der Waals surface area contributed by atoms with Crippen molar-refractivity contribution in [3.63, 3.8) is 0 Å². The van der Waals surface area contributed by atoms with Crippen molar-refractivity contribution in [1.82, 2.24) is 0 Å². The van der Waals surface area contributed by atoms with E-state index < -0.39 is 127 Å². The zero-order valence-electron chi connectivity index (χ0n) is 60.2. The molecule has 6 rings (SSSR count). The molecule has 14 atom stereocenters. The van der Waals surface area contributed by atoms with Crippen molar-refractivity contribution in [2.24, 2.45) is 22.7 Å². The van der Waals surface area contributed by atoms with Gasteiger partial charge < -0.3 is 83.2 Å². The molecule has 582 valence electrons. The molecule has 2 fully saturated rings. The highest BCUT2D eigenvalue weighted by Crippen LogP contribution is 2.37. The second kappa shape index (κ2) is 49.4. The Balaban J connectivity index is 0.000000545. The molecule has 0 amide bonds. The third-order valence-electron chi connectivity index (χ3n) is 15.9. The van der Waals surface area contributed by atoms with E-state index in [1.165, 1.54) is 31.2 Å². The minimum atomic E-state index is -1.68. The summed E-state index contributed by atoms with van der Waals surface area (Å²) in [7, 11) is 0. The summed E-state index contributed by atoms with van der Waals surface area (Å²) in [5, 5.41) is 67.7. The van der Waals surface area contributed by atoms with Crippen LogP contribution < -0.4 is 9.47 Å². The Labute approximate surface area is 648 Å². The maximum atomic E-state index is 13.1. The Morgan fingerprint density at radius 3 is 1.39 bits per heavy atom. The monoisotopic (exact) mass is 1600 g/mol. The number of benzene rings is 4. The van der Waals surface area contributed by atoms with Crippen LogP contribution in [0.5, 0.6) is 11.5 Å². The number of aliphatic hydroxyl groups excluding tert-OH is 7. The molecule has 31 heteroatoms. The van der Waals surface area contributed by atoms with Crippen molar-refractivity contribution in [3.05, 3.63) is 143 Å². The summed E-state index contributed by atoms with van der Waals surface area (Å²) in [6.45, 7) is 19.1. The molecule has 2 saturated heterocycles. The van der Waals surface area contributed by atoms with Crippen LogP contribution in [0.15, 0.2) is 110 Å². The molecule has 0 radical (unpaired) electrons. The van der Waals surface area contributed by atoms with Gasteiger partial charge in [-0.1, -0.05) is 124 Å². The predicted molar refractivity (Wildman–Crippen MR) is 415 cm³/mol. The minimum Gasteiger partial charge on any atom is -0.466 e. The van der Waals surface area contributed by atoms with Crippen molar-refractivity contribution in [2.45, 2.75) is 181 Å². The molecule has 24 nitrogen and oxygen atoms in total. The van der Waals surface area contributed by atoms with Crippen molar-refractivity contribution in [2.75, 3.05) is 37.1 Å². The molecule has 0 bridgehead atoms. The van der Waals surface area contributed by atoms with Gasteiger partial charge in [0.05, 0.1) is 61.4 Å². The highest BCUT2D eigenvalue weighted by Gasteiger charge is 2.50. The second-order valence-electron chi connectivity index (χ2n) is 24.5. The molecule has 2 heterocycles. The smallest absolute Gasteiger partial charge is 0.314 e. The molecular formula is C74H100O24S7. The van der Waals surface area contributed by atoms with Gasteiger partial charge in [-0.15, -0.1) is 53.6 Å². The highest BCUT2D eigenvalue weighted by molar-refractivity contribution is 8.47. The molecule has 4 aromatic carbocycles. The van der Waals surface area contributed by atoms with Gasteiger partial charge in [0.2, 0.25) is 0 Å². The van der Waals surface area contributed by atoms with Gasteiger partial charge in [0.15, 0.2) is 12.6 Å². The summed E-state index contributed by atoms with van der Waals surface area (Å²) in [6, 6.07) is 28.6. The number of aliphatic hydroxyl groups is 7.